The number of hydrogen-bond acceptors (Lipinski definition) is 3. The molecule has 1 aliphatic carbocycles. The SMILES string of the molecule is NNC(CC1CC1)c1sccc1Br. The Labute approximate surface area is 90.6 Å². The first kappa shape index (κ1) is 9.65. The number of hydrogen-bond donors (Lipinski definition) is 2. The van der Waals surface area contributed by atoms with Crippen LogP contribution in [0.5, 0.6) is 0 Å². The standard InChI is InChI=1S/C9H13BrN2S/c10-7-3-4-13-9(7)8(12-11)5-6-1-2-6/h3-4,6,8,12H,1-2,5,11H2. The van der Waals surface area contributed by atoms with Gasteiger partial charge in [0.25, 0.3) is 0 Å². The third-order valence-electron chi connectivity index (χ3n) is 2.43. The summed E-state index contributed by atoms with van der Waals surface area (Å²) in [6.07, 6.45) is 3.93. The van der Waals surface area contributed by atoms with E-state index in [1.165, 1.54) is 28.6 Å². The van der Waals surface area contributed by atoms with E-state index in [4.69, 9.17) is 5.84 Å². The van der Waals surface area contributed by atoms with E-state index in [0.717, 1.165) is 5.92 Å². The van der Waals surface area contributed by atoms with Crippen molar-refractivity contribution in [1.82, 2.24) is 5.43 Å². The van der Waals surface area contributed by atoms with Crippen molar-refractivity contribution in [2.45, 2.75) is 25.3 Å². The number of halogens is 1. The van der Waals surface area contributed by atoms with Gasteiger partial charge in [-0.05, 0) is 39.7 Å². The van der Waals surface area contributed by atoms with Crippen LogP contribution in [0.1, 0.15) is 30.2 Å². The van der Waals surface area contributed by atoms with E-state index in [2.05, 4.69) is 32.8 Å². The Balaban J connectivity index is 2.06. The lowest BCUT2D eigenvalue weighted by molar-refractivity contribution is 0.493. The molecule has 1 saturated carbocycles. The molecule has 72 valence electrons. The summed E-state index contributed by atoms with van der Waals surface area (Å²) < 4.78 is 1.18. The Morgan fingerprint density at radius 3 is 2.92 bits per heavy atom. The molecule has 1 unspecified atom stereocenters. The van der Waals surface area contributed by atoms with E-state index < -0.39 is 0 Å². The number of hydrazine groups is 1. The molecule has 2 nitrogen and oxygen atoms in total. The van der Waals surface area contributed by atoms with Gasteiger partial charge in [-0.2, -0.15) is 0 Å². The minimum atomic E-state index is 0.335. The van der Waals surface area contributed by atoms with Crippen LogP contribution in [0.2, 0.25) is 0 Å². The highest BCUT2D eigenvalue weighted by atomic mass is 79.9. The summed E-state index contributed by atoms with van der Waals surface area (Å²) >= 11 is 5.30. The third-order valence-corrected chi connectivity index (χ3v) is 4.41. The molecule has 1 heterocycles. The Hall–Kier alpha value is 0.100. The molecular formula is C9H13BrN2S. The molecule has 0 aliphatic heterocycles. The Bertz CT molecular complexity index is 283. The maximum atomic E-state index is 5.54. The van der Waals surface area contributed by atoms with Crippen LogP contribution >= 0.6 is 27.3 Å². The van der Waals surface area contributed by atoms with Crippen LogP contribution in [-0.2, 0) is 0 Å². The van der Waals surface area contributed by atoms with Crippen molar-refractivity contribution in [3.8, 4) is 0 Å². The Morgan fingerprint density at radius 2 is 2.46 bits per heavy atom. The minimum absolute atomic E-state index is 0.335. The zero-order valence-corrected chi connectivity index (χ0v) is 9.70. The topological polar surface area (TPSA) is 38.0 Å². The molecule has 0 aromatic carbocycles. The number of thiophene rings is 1. The molecular weight excluding hydrogens is 248 g/mol. The van der Waals surface area contributed by atoms with E-state index in [0.29, 0.717) is 6.04 Å². The van der Waals surface area contributed by atoms with Gasteiger partial charge in [0.15, 0.2) is 0 Å². The lowest BCUT2D eigenvalue weighted by Crippen LogP contribution is -2.27. The smallest absolute Gasteiger partial charge is 0.0567 e. The summed E-state index contributed by atoms with van der Waals surface area (Å²) in [6.45, 7) is 0. The van der Waals surface area contributed by atoms with Crippen LogP contribution in [0.3, 0.4) is 0 Å². The lowest BCUT2D eigenvalue weighted by atomic mass is 10.1. The van der Waals surface area contributed by atoms with E-state index in [1.807, 2.05) is 0 Å². The Kier molecular flexibility index (Phi) is 3.03. The molecule has 0 radical (unpaired) electrons. The van der Waals surface area contributed by atoms with Gasteiger partial charge in [0.2, 0.25) is 0 Å². The van der Waals surface area contributed by atoms with Crippen LogP contribution < -0.4 is 11.3 Å². The molecule has 0 amide bonds. The second-order valence-electron chi connectivity index (χ2n) is 3.53. The molecule has 13 heavy (non-hydrogen) atoms. The highest BCUT2D eigenvalue weighted by Gasteiger charge is 2.27. The van der Waals surface area contributed by atoms with E-state index >= 15 is 0 Å². The highest BCUT2D eigenvalue weighted by molar-refractivity contribution is 9.10. The molecule has 1 atom stereocenters. The van der Waals surface area contributed by atoms with Crippen LogP contribution in [-0.4, -0.2) is 0 Å². The minimum Gasteiger partial charge on any atom is -0.271 e. The van der Waals surface area contributed by atoms with Crippen LogP contribution in [0.15, 0.2) is 15.9 Å². The van der Waals surface area contributed by atoms with Crippen molar-refractivity contribution in [2.75, 3.05) is 0 Å². The van der Waals surface area contributed by atoms with Crippen molar-refractivity contribution in [2.24, 2.45) is 11.8 Å². The van der Waals surface area contributed by atoms with E-state index in [1.54, 1.807) is 11.3 Å². The van der Waals surface area contributed by atoms with Crippen LogP contribution in [0, 0.1) is 5.92 Å². The second kappa shape index (κ2) is 4.09. The quantitative estimate of drug-likeness (QED) is 0.646. The van der Waals surface area contributed by atoms with Crippen molar-refractivity contribution in [3.05, 3.63) is 20.8 Å². The molecule has 1 aliphatic rings. The van der Waals surface area contributed by atoms with Gasteiger partial charge in [-0.1, -0.05) is 12.8 Å². The fraction of sp³-hybridized carbons (Fsp3) is 0.556. The number of nitrogens with two attached hydrogens (primary N) is 1. The highest BCUT2D eigenvalue weighted by Crippen LogP contribution is 2.40. The van der Waals surface area contributed by atoms with Crippen molar-refractivity contribution < 1.29 is 0 Å². The zero-order chi connectivity index (χ0) is 9.26. The van der Waals surface area contributed by atoms with Gasteiger partial charge in [0.1, 0.15) is 0 Å². The zero-order valence-electron chi connectivity index (χ0n) is 7.29. The summed E-state index contributed by atoms with van der Waals surface area (Å²) in [5, 5.41) is 2.09. The first-order valence-electron chi connectivity index (χ1n) is 4.50. The average Bonchev–Trinajstić information content (AvgIpc) is 2.85. The summed E-state index contributed by atoms with van der Waals surface area (Å²) in [6, 6.07) is 2.42. The van der Waals surface area contributed by atoms with Gasteiger partial charge in [-0.25, -0.2) is 0 Å². The summed E-state index contributed by atoms with van der Waals surface area (Å²) in [4.78, 5) is 1.33. The number of rotatable bonds is 4. The van der Waals surface area contributed by atoms with Crippen molar-refractivity contribution in [1.29, 1.82) is 0 Å². The fourth-order valence-corrected chi connectivity index (χ4v) is 3.22. The van der Waals surface area contributed by atoms with E-state index in [9.17, 15) is 0 Å². The number of nitrogens with one attached hydrogen (secondary N) is 1. The largest absolute Gasteiger partial charge is 0.271 e. The van der Waals surface area contributed by atoms with Gasteiger partial charge >= 0.3 is 0 Å². The van der Waals surface area contributed by atoms with Gasteiger partial charge in [-0.15, -0.1) is 11.3 Å². The predicted molar refractivity (Wildman–Crippen MR) is 59.4 cm³/mol. The fourth-order valence-electron chi connectivity index (χ4n) is 1.49. The van der Waals surface area contributed by atoms with Gasteiger partial charge in [0, 0.05) is 9.35 Å². The maximum absolute atomic E-state index is 5.54. The summed E-state index contributed by atoms with van der Waals surface area (Å²) in [7, 11) is 0. The molecule has 1 aromatic rings. The molecule has 0 bridgehead atoms. The van der Waals surface area contributed by atoms with E-state index in [-0.39, 0.29) is 0 Å². The van der Waals surface area contributed by atoms with Gasteiger partial charge in [0.05, 0.1) is 6.04 Å². The molecule has 2 rings (SSSR count). The molecule has 0 spiro atoms. The Morgan fingerprint density at radius 1 is 1.69 bits per heavy atom. The second-order valence-corrected chi connectivity index (χ2v) is 5.33. The van der Waals surface area contributed by atoms with Crippen LogP contribution in [0.25, 0.3) is 0 Å². The molecule has 3 N–H and O–H groups in total. The molecule has 0 saturated heterocycles. The van der Waals surface area contributed by atoms with Crippen LogP contribution in [0.4, 0.5) is 0 Å². The first-order chi connectivity index (χ1) is 6.31. The normalized spacial score (nSPS) is 18.9. The molecule has 1 aromatic heterocycles. The van der Waals surface area contributed by atoms with Crippen molar-refractivity contribution in [3.63, 3.8) is 0 Å². The van der Waals surface area contributed by atoms with Gasteiger partial charge in [-0.3, -0.25) is 11.3 Å². The molecule has 1 fully saturated rings. The monoisotopic (exact) mass is 260 g/mol. The summed E-state index contributed by atoms with van der Waals surface area (Å²) in [5.41, 5.74) is 2.90. The maximum Gasteiger partial charge on any atom is 0.0567 e. The summed E-state index contributed by atoms with van der Waals surface area (Å²) in [5.74, 6) is 6.44. The average molecular weight is 261 g/mol. The first-order valence-corrected chi connectivity index (χ1v) is 6.17. The lowest BCUT2D eigenvalue weighted by Gasteiger charge is -2.14. The van der Waals surface area contributed by atoms with Crippen molar-refractivity contribution >= 4 is 27.3 Å². The third kappa shape index (κ3) is 2.31. The predicted octanol–water partition coefficient (Wildman–Crippen LogP) is 2.82. The van der Waals surface area contributed by atoms with Gasteiger partial charge < -0.3 is 0 Å². The molecule has 4 heteroatoms.